The van der Waals surface area contributed by atoms with Gasteiger partial charge in [-0.05, 0) is 64.2 Å². The lowest BCUT2D eigenvalue weighted by Gasteiger charge is -2.45. The molecule has 3 rings (SSSR count). The zero-order chi connectivity index (χ0) is 19.1. The van der Waals surface area contributed by atoms with Gasteiger partial charge in [-0.2, -0.15) is 4.39 Å². The van der Waals surface area contributed by atoms with Crippen molar-refractivity contribution in [3.8, 4) is 5.75 Å². The fourth-order valence-corrected chi connectivity index (χ4v) is 3.77. The third-order valence-electron chi connectivity index (χ3n) is 4.85. The molecule has 0 aromatic heterocycles. The van der Waals surface area contributed by atoms with Crippen LogP contribution in [0.2, 0.25) is 0 Å². The Morgan fingerprint density at radius 3 is 2.54 bits per heavy atom. The normalized spacial score (nSPS) is 22.7. The zero-order valence-electron chi connectivity index (χ0n) is 15.6. The standard InChI is InChI=1S/C20H25F2NO3/c1-20(2,3)26-19(24)23-13-6-5-7-14(23)11-12(10-13)15-8-9-16(25-4)18(22)17(15)21/h8-10,13-14H,5-7,11H2,1-4H3. The summed E-state index contributed by atoms with van der Waals surface area (Å²) in [6.07, 6.45) is 4.64. The van der Waals surface area contributed by atoms with Crippen molar-refractivity contribution in [2.24, 2.45) is 0 Å². The summed E-state index contributed by atoms with van der Waals surface area (Å²) >= 11 is 0. The van der Waals surface area contributed by atoms with Gasteiger partial charge in [0.25, 0.3) is 0 Å². The molecule has 0 spiro atoms. The molecule has 0 N–H and O–H groups in total. The van der Waals surface area contributed by atoms with Crippen molar-refractivity contribution >= 4 is 11.7 Å². The summed E-state index contributed by atoms with van der Waals surface area (Å²) in [5.74, 6) is -2.00. The van der Waals surface area contributed by atoms with E-state index in [1.165, 1.54) is 13.2 Å². The Morgan fingerprint density at radius 2 is 1.92 bits per heavy atom. The quantitative estimate of drug-likeness (QED) is 0.747. The van der Waals surface area contributed by atoms with E-state index in [0.29, 0.717) is 6.42 Å². The fourth-order valence-electron chi connectivity index (χ4n) is 3.77. The molecule has 2 aliphatic heterocycles. The van der Waals surface area contributed by atoms with Crippen LogP contribution in [0.25, 0.3) is 5.57 Å². The lowest BCUT2D eigenvalue weighted by molar-refractivity contribution is 0.0000735. The van der Waals surface area contributed by atoms with Gasteiger partial charge in [0, 0.05) is 11.6 Å². The number of benzene rings is 1. The minimum Gasteiger partial charge on any atom is -0.494 e. The van der Waals surface area contributed by atoms with Crippen molar-refractivity contribution in [1.82, 2.24) is 4.90 Å². The second-order valence-electron chi connectivity index (χ2n) is 7.88. The van der Waals surface area contributed by atoms with Gasteiger partial charge in [0.05, 0.1) is 13.2 Å². The number of fused-ring (bicyclic) bond motifs is 2. The third kappa shape index (κ3) is 3.55. The van der Waals surface area contributed by atoms with Gasteiger partial charge in [-0.25, -0.2) is 9.18 Å². The second kappa shape index (κ2) is 6.89. The van der Waals surface area contributed by atoms with Crippen LogP contribution in [-0.2, 0) is 4.74 Å². The number of hydrogen-bond acceptors (Lipinski definition) is 3. The molecule has 2 heterocycles. The largest absolute Gasteiger partial charge is 0.494 e. The summed E-state index contributed by atoms with van der Waals surface area (Å²) in [6.45, 7) is 5.50. The van der Waals surface area contributed by atoms with E-state index >= 15 is 0 Å². The van der Waals surface area contributed by atoms with E-state index in [4.69, 9.17) is 9.47 Å². The van der Waals surface area contributed by atoms with Crippen LogP contribution in [-0.4, -0.2) is 35.8 Å². The zero-order valence-corrected chi connectivity index (χ0v) is 15.6. The van der Waals surface area contributed by atoms with E-state index in [1.807, 2.05) is 26.8 Å². The molecule has 26 heavy (non-hydrogen) atoms. The molecule has 0 aliphatic carbocycles. The minimum atomic E-state index is -0.981. The maximum Gasteiger partial charge on any atom is 0.411 e. The van der Waals surface area contributed by atoms with Gasteiger partial charge in [0.1, 0.15) is 5.60 Å². The monoisotopic (exact) mass is 365 g/mol. The molecule has 1 saturated heterocycles. The molecular formula is C20H25F2NO3. The Bertz CT molecular complexity index is 739. The Kier molecular flexibility index (Phi) is 4.95. The highest BCUT2D eigenvalue weighted by Crippen LogP contribution is 2.39. The van der Waals surface area contributed by atoms with E-state index in [2.05, 4.69) is 0 Å². The number of piperidine rings is 1. The summed E-state index contributed by atoms with van der Waals surface area (Å²) in [4.78, 5) is 14.4. The molecule has 0 radical (unpaired) electrons. The second-order valence-corrected chi connectivity index (χ2v) is 7.88. The molecule has 1 aromatic carbocycles. The smallest absolute Gasteiger partial charge is 0.411 e. The topological polar surface area (TPSA) is 38.8 Å². The number of amides is 1. The number of methoxy groups -OCH3 is 1. The van der Waals surface area contributed by atoms with Crippen LogP contribution in [0.3, 0.4) is 0 Å². The Morgan fingerprint density at radius 1 is 1.19 bits per heavy atom. The predicted octanol–water partition coefficient (Wildman–Crippen LogP) is 4.92. The third-order valence-corrected chi connectivity index (χ3v) is 4.85. The highest BCUT2D eigenvalue weighted by atomic mass is 19.2. The SMILES string of the molecule is COc1ccc(C2=CC3CCCC(C2)N3C(=O)OC(C)(C)C)c(F)c1F. The number of halogens is 2. The molecule has 4 nitrogen and oxygen atoms in total. The Hall–Kier alpha value is -2.11. The van der Waals surface area contributed by atoms with Crippen molar-refractivity contribution in [1.29, 1.82) is 0 Å². The number of hydrogen-bond donors (Lipinski definition) is 0. The van der Waals surface area contributed by atoms with Crippen LogP contribution in [0.5, 0.6) is 5.75 Å². The molecule has 142 valence electrons. The average molecular weight is 365 g/mol. The van der Waals surface area contributed by atoms with Crippen molar-refractivity contribution in [2.75, 3.05) is 7.11 Å². The van der Waals surface area contributed by atoms with Crippen molar-refractivity contribution < 1.29 is 23.0 Å². The van der Waals surface area contributed by atoms with Crippen LogP contribution in [0.1, 0.15) is 52.0 Å². The highest BCUT2D eigenvalue weighted by Gasteiger charge is 2.39. The number of rotatable bonds is 2. The molecule has 0 saturated carbocycles. The summed E-state index contributed by atoms with van der Waals surface area (Å²) < 4.78 is 38.9. The summed E-state index contributed by atoms with van der Waals surface area (Å²) in [7, 11) is 1.31. The molecule has 1 fully saturated rings. The van der Waals surface area contributed by atoms with E-state index in [9.17, 15) is 13.6 Å². The van der Waals surface area contributed by atoms with E-state index in [-0.39, 0.29) is 29.5 Å². The summed E-state index contributed by atoms with van der Waals surface area (Å²) in [5.41, 5.74) is 0.406. The first kappa shape index (κ1) is 18.7. The van der Waals surface area contributed by atoms with Gasteiger partial charge in [0.15, 0.2) is 11.6 Å². The first-order valence-corrected chi connectivity index (χ1v) is 8.95. The number of carbonyl (C=O) groups is 1. The van der Waals surface area contributed by atoms with Gasteiger partial charge in [0.2, 0.25) is 5.82 Å². The van der Waals surface area contributed by atoms with Crippen molar-refractivity contribution in [3.63, 3.8) is 0 Å². The van der Waals surface area contributed by atoms with Crippen LogP contribution in [0.15, 0.2) is 18.2 Å². The number of carbonyl (C=O) groups excluding carboxylic acids is 1. The van der Waals surface area contributed by atoms with Gasteiger partial charge in [-0.15, -0.1) is 0 Å². The van der Waals surface area contributed by atoms with Crippen LogP contribution < -0.4 is 4.74 Å². The first-order chi connectivity index (χ1) is 12.2. The average Bonchev–Trinajstić information content (AvgIpc) is 2.54. The van der Waals surface area contributed by atoms with Gasteiger partial charge >= 0.3 is 6.09 Å². The van der Waals surface area contributed by atoms with Crippen molar-refractivity contribution in [3.05, 3.63) is 35.4 Å². The molecule has 1 aromatic rings. The number of ether oxygens (including phenoxy) is 2. The van der Waals surface area contributed by atoms with Gasteiger partial charge in [-0.3, -0.25) is 4.90 Å². The Balaban J connectivity index is 1.91. The fraction of sp³-hybridized carbons (Fsp3) is 0.550. The van der Waals surface area contributed by atoms with Crippen LogP contribution in [0.4, 0.5) is 13.6 Å². The molecule has 2 aliphatic rings. The summed E-state index contributed by atoms with van der Waals surface area (Å²) in [5, 5.41) is 0. The highest BCUT2D eigenvalue weighted by molar-refractivity contribution is 5.75. The maximum atomic E-state index is 14.5. The van der Waals surface area contributed by atoms with Crippen LogP contribution in [0, 0.1) is 11.6 Å². The summed E-state index contributed by atoms with van der Waals surface area (Å²) in [6, 6.07) is 2.76. The molecule has 2 unspecified atom stereocenters. The van der Waals surface area contributed by atoms with E-state index < -0.39 is 17.2 Å². The number of nitrogens with zero attached hydrogens (tertiary/aromatic N) is 1. The molecule has 2 bridgehead atoms. The van der Waals surface area contributed by atoms with E-state index in [0.717, 1.165) is 24.8 Å². The van der Waals surface area contributed by atoms with E-state index in [1.54, 1.807) is 11.0 Å². The van der Waals surface area contributed by atoms with Gasteiger partial charge < -0.3 is 9.47 Å². The molecule has 1 amide bonds. The maximum absolute atomic E-state index is 14.5. The molecular weight excluding hydrogens is 340 g/mol. The lowest BCUT2D eigenvalue weighted by atomic mass is 9.83. The van der Waals surface area contributed by atoms with Crippen LogP contribution >= 0.6 is 0 Å². The predicted molar refractivity (Wildman–Crippen MR) is 95.0 cm³/mol. The first-order valence-electron chi connectivity index (χ1n) is 8.95. The van der Waals surface area contributed by atoms with Gasteiger partial charge in [-0.1, -0.05) is 6.08 Å². The Labute approximate surface area is 152 Å². The minimum absolute atomic E-state index is 0.0619. The molecule has 6 heteroatoms. The molecule has 2 atom stereocenters. The lowest BCUT2D eigenvalue weighted by Crippen LogP contribution is -2.53. The van der Waals surface area contributed by atoms with Crippen molar-refractivity contribution in [2.45, 2.75) is 64.1 Å².